The topological polar surface area (TPSA) is 80.1 Å². The number of nitrogens with zero attached hydrogens (tertiary/aromatic N) is 4. The van der Waals surface area contributed by atoms with E-state index in [1.54, 1.807) is 18.3 Å². The van der Waals surface area contributed by atoms with Crippen LogP contribution in [0, 0.1) is 0 Å². The number of aromatic nitrogens is 3. The molecule has 1 unspecified atom stereocenters. The van der Waals surface area contributed by atoms with Gasteiger partial charge in [0.05, 0.1) is 34.2 Å². The first kappa shape index (κ1) is 22.1. The summed E-state index contributed by atoms with van der Waals surface area (Å²) in [6, 6.07) is 21.1. The van der Waals surface area contributed by atoms with Crippen molar-refractivity contribution in [3.05, 3.63) is 90.0 Å². The fourth-order valence-corrected chi connectivity index (χ4v) is 4.72. The Bertz CT molecular complexity index is 1260. The predicted octanol–water partition coefficient (Wildman–Crippen LogP) is 3.58. The molecule has 0 aliphatic rings. The third-order valence-electron chi connectivity index (χ3n) is 5.47. The van der Waals surface area contributed by atoms with E-state index in [1.165, 1.54) is 18.4 Å². The van der Waals surface area contributed by atoms with Gasteiger partial charge in [0.2, 0.25) is 10.0 Å². The minimum atomic E-state index is -3.52. The summed E-state index contributed by atoms with van der Waals surface area (Å²) in [7, 11) is -0.459. The molecule has 0 saturated heterocycles. The highest BCUT2D eigenvalue weighted by Gasteiger charge is 2.20. The van der Waals surface area contributed by atoms with E-state index in [9.17, 15) is 8.42 Å². The van der Waals surface area contributed by atoms with Crippen molar-refractivity contribution >= 4 is 21.1 Å². The Morgan fingerprint density at radius 3 is 2.44 bits per heavy atom. The van der Waals surface area contributed by atoms with Gasteiger partial charge in [0.1, 0.15) is 5.82 Å². The summed E-state index contributed by atoms with van der Waals surface area (Å²) in [4.78, 5) is 9.56. The average molecular weight is 450 g/mol. The molecule has 2 aromatic heterocycles. The zero-order valence-corrected chi connectivity index (χ0v) is 19.2. The number of benzene rings is 2. The number of rotatable bonds is 8. The van der Waals surface area contributed by atoms with Crippen molar-refractivity contribution in [3.8, 4) is 0 Å². The first-order chi connectivity index (χ1) is 15.4. The maximum absolute atomic E-state index is 12.5. The Balaban J connectivity index is 1.68. The van der Waals surface area contributed by atoms with E-state index in [2.05, 4.69) is 33.9 Å². The largest absolute Gasteiger partial charge is 0.327 e. The second-order valence-electron chi connectivity index (χ2n) is 7.69. The van der Waals surface area contributed by atoms with Crippen molar-refractivity contribution in [1.82, 2.24) is 24.2 Å². The lowest BCUT2D eigenvalue weighted by Crippen LogP contribution is -2.24. The molecule has 4 aromatic rings. The van der Waals surface area contributed by atoms with Crippen molar-refractivity contribution in [2.75, 3.05) is 14.1 Å². The van der Waals surface area contributed by atoms with Crippen molar-refractivity contribution in [1.29, 1.82) is 0 Å². The third-order valence-corrected chi connectivity index (χ3v) is 7.29. The Morgan fingerprint density at radius 2 is 1.78 bits per heavy atom. The van der Waals surface area contributed by atoms with Crippen LogP contribution in [0.3, 0.4) is 0 Å². The lowest BCUT2D eigenvalue weighted by Gasteiger charge is -2.19. The predicted molar refractivity (Wildman–Crippen MR) is 126 cm³/mol. The summed E-state index contributed by atoms with van der Waals surface area (Å²) in [6.07, 6.45) is 1.79. The molecule has 0 radical (unpaired) electrons. The number of fused-ring (bicyclic) bond motifs is 1. The van der Waals surface area contributed by atoms with Gasteiger partial charge in [-0.25, -0.2) is 17.7 Å². The fraction of sp³-hybridized carbons (Fsp3) is 0.250. The SMILES string of the molecule is CCn1c(CNC(c2ccccc2)c2ccccn2)nc2cc(S(=O)(=O)N(C)C)ccc21. The average Bonchev–Trinajstić information content (AvgIpc) is 3.17. The van der Waals surface area contributed by atoms with Crippen molar-refractivity contribution in [3.63, 3.8) is 0 Å². The van der Waals surface area contributed by atoms with Crippen molar-refractivity contribution < 1.29 is 8.42 Å². The Hall–Kier alpha value is -3.07. The highest BCUT2D eigenvalue weighted by molar-refractivity contribution is 7.89. The van der Waals surface area contributed by atoms with Crippen LogP contribution in [0.2, 0.25) is 0 Å². The molecule has 32 heavy (non-hydrogen) atoms. The Labute approximate surface area is 188 Å². The molecule has 0 aliphatic heterocycles. The Morgan fingerprint density at radius 1 is 1.03 bits per heavy atom. The molecule has 0 bridgehead atoms. The summed E-state index contributed by atoms with van der Waals surface area (Å²) in [6.45, 7) is 3.30. The summed E-state index contributed by atoms with van der Waals surface area (Å²) >= 11 is 0. The van der Waals surface area contributed by atoms with Crippen LogP contribution in [0.5, 0.6) is 0 Å². The second-order valence-corrected chi connectivity index (χ2v) is 9.84. The van der Waals surface area contributed by atoms with Gasteiger partial charge in [-0.05, 0) is 42.8 Å². The molecular weight excluding hydrogens is 422 g/mol. The quantitative estimate of drug-likeness (QED) is 0.445. The van der Waals surface area contributed by atoms with Crippen molar-refractivity contribution in [2.45, 2.75) is 31.0 Å². The molecule has 0 aliphatic carbocycles. The summed E-state index contributed by atoms with van der Waals surface area (Å²) in [5, 5.41) is 3.60. The zero-order chi connectivity index (χ0) is 22.7. The van der Waals surface area contributed by atoms with Gasteiger partial charge in [0.25, 0.3) is 0 Å². The molecule has 0 fully saturated rings. The molecule has 8 heteroatoms. The minimum Gasteiger partial charge on any atom is -0.327 e. The van der Waals surface area contributed by atoms with E-state index >= 15 is 0 Å². The number of hydrogen-bond acceptors (Lipinski definition) is 5. The molecule has 2 aromatic carbocycles. The molecule has 0 amide bonds. The number of hydrogen-bond donors (Lipinski definition) is 1. The van der Waals surface area contributed by atoms with Gasteiger partial charge < -0.3 is 4.57 Å². The first-order valence-corrected chi connectivity index (χ1v) is 12.0. The molecule has 0 spiro atoms. The number of nitrogens with one attached hydrogen (secondary N) is 1. The number of pyridine rings is 1. The molecule has 4 rings (SSSR count). The smallest absolute Gasteiger partial charge is 0.242 e. The molecule has 0 saturated carbocycles. The van der Waals surface area contributed by atoms with E-state index in [4.69, 9.17) is 4.98 Å². The molecule has 7 nitrogen and oxygen atoms in total. The van der Waals surface area contributed by atoms with Crippen LogP contribution in [0.25, 0.3) is 11.0 Å². The molecule has 1 N–H and O–H groups in total. The van der Waals surface area contributed by atoms with Gasteiger partial charge in [-0.2, -0.15) is 0 Å². The third kappa shape index (κ3) is 4.29. The normalized spacial score (nSPS) is 13.0. The van der Waals surface area contributed by atoms with E-state index in [0.717, 1.165) is 29.1 Å². The van der Waals surface area contributed by atoms with Gasteiger partial charge in [-0.1, -0.05) is 36.4 Å². The van der Waals surface area contributed by atoms with Crippen LogP contribution in [0.15, 0.2) is 77.8 Å². The highest BCUT2D eigenvalue weighted by Crippen LogP contribution is 2.24. The summed E-state index contributed by atoms with van der Waals surface area (Å²) < 4.78 is 28.4. The minimum absolute atomic E-state index is 0.0906. The van der Waals surface area contributed by atoms with Gasteiger partial charge in [-0.15, -0.1) is 0 Å². The van der Waals surface area contributed by atoms with Crippen LogP contribution in [-0.4, -0.2) is 41.4 Å². The lowest BCUT2D eigenvalue weighted by molar-refractivity contribution is 0.521. The van der Waals surface area contributed by atoms with Crippen LogP contribution >= 0.6 is 0 Å². The number of imidazole rings is 1. The number of aryl methyl sites for hydroxylation is 1. The van der Waals surface area contributed by atoms with Gasteiger partial charge in [0, 0.05) is 26.8 Å². The van der Waals surface area contributed by atoms with Gasteiger partial charge >= 0.3 is 0 Å². The maximum atomic E-state index is 12.5. The van der Waals surface area contributed by atoms with E-state index in [1.807, 2.05) is 42.5 Å². The first-order valence-electron chi connectivity index (χ1n) is 10.5. The standard InChI is InChI=1S/C24H27N5O2S/c1-4-29-22-14-13-19(32(30,31)28(2)3)16-21(22)27-23(29)17-26-24(18-10-6-5-7-11-18)20-12-8-9-15-25-20/h5-16,24,26H,4,17H2,1-3H3. The maximum Gasteiger partial charge on any atom is 0.242 e. The molecule has 2 heterocycles. The van der Waals surface area contributed by atoms with Crippen LogP contribution in [0.1, 0.15) is 30.0 Å². The summed E-state index contributed by atoms with van der Waals surface area (Å²) in [5.41, 5.74) is 3.62. The van der Waals surface area contributed by atoms with Gasteiger partial charge in [0.15, 0.2) is 0 Å². The van der Waals surface area contributed by atoms with E-state index < -0.39 is 10.0 Å². The number of sulfonamides is 1. The van der Waals surface area contributed by atoms with Crippen LogP contribution in [-0.2, 0) is 23.1 Å². The van der Waals surface area contributed by atoms with Crippen LogP contribution < -0.4 is 5.32 Å². The molecular formula is C24H27N5O2S. The molecule has 166 valence electrons. The zero-order valence-electron chi connectivity index (χ0n) is 18.4. The lowest BCUT2D eigenvalue weighted by atomic mass is 10.0. The van der Waals surface area contributed by atoms with E-state index in [-0.39, 0.29) is 10.9 Å². The van der Waals surface area contributed by atoms with Crippen LogP contribution in [0.4, 0.5) is 0 Å². The fourth-order valence-electron chi connectivity index (χ4n) is 3.80. The monoisotopic (exact) mass is 449 g/mol. The summed E-state index contributed by atoms with van der Waals surface area (Å²) in [5.74, 6) is 0.846. The second kappa shape index (κ2) is 9.20. The highest BCUT2D eigenvalue weighted by atomic mass is 32.2. The van der Waals surface area contributed by atoms with Crippen molar-refractivity contribution in [2.24, 2.45) is 0 Å². The van der Waals surface area contributed by atoms with Gasteiger partial charge in [-0.3, -0.25) is 10.3 Å². The van der Waals surface area contributed by atoms with E-state index in [0.29, 0.717) is 12.1 Å². The molecule has 1 atom stereocenters. The Kier molecular flexibility index (Phi) is 6.36.